The van der Waals surface area contributed by atoms with Gasteiger partial charge < -0.3 is 9.47 Å². The second kappa shape index (κ2) is 9.64. The van der Waals surface area contributed by atoms with Gasteiger partial charge in [0.25, 0.3) is 5.54 Å². The summed E-state index contributed by atoms with van der Waals surface area (Å²) < 4.78 is 11.1. The van der Waals surface area contributed by atoms with Crippen molar-refractivity contribution >= 4 is 11.9 Å². The van der Waals surface area contributed by atoms with E-state index in [1.54, 1.807) is 69.3 Å². The number of ether oxygens (including phenoxy) is 2. The van der Waals surface area contributed by atoms with Gasteiger partial charge in [0.1, 0.15) is 5.60 Å². The van der Waals surface area contributed by atoms with Crippen molar-refractivity contribution in [3.05, 3.63) is 82.2 Å². The Morgan fingerprint density at radius 1 is 1.03 bits per heavy atom. The lowest BCUT2D eigenvalue weighted by atomic mass is 9.95. The number of azide groups is 1. The minimum absolute atomic E-state index is 0.499. The Morgan fingerprint density at radius 3 is 1.93 bits per heavy atom. The van der Waals surface area contributed by atoms with Crippen LogP contribution in [0.3, 0.4) is 0 Å². The van der Waals surface area contributed by atoms with Crippen LogP contribution in [-0.2, 0) is 19.1 Å². The second-order valence-electron chi connectivity index (χ2n) is 7.54. The van der Waals surface area contributed by atoms with Crippen molar-refractivity contribution in [1.82, 2.24) is 0 Å². The average Bonchev–Trinajstić information content (AvgIpc) is 2.71. The predicted octanol–water partition coefficient (Wildman–Crippen LogP) is 4.73. The van der Waals surface area contributed by atoms with Crippen molar-refractivity contribution in [2.24, 2.45) is 5.11 Å². The topological polar surface area (TPSA) is 101 Å². The first-order valence-electron chi connectivity index (χ1n) is 9.27. The number of rotatable bonds is 7. The fraction of sp³-hybridized carbons (Fsp3) is 0.304. The van der Waals surface area contributed by atoms with E-state index < -0.39 is 35.6 Å². The quantitative estimate of drug-likeness (QED) is 0.166. The largest absolute Gasteiger partial charge is 0.459 e. The summed E-state index contributed by atoms with van der Waals surface area (Å²) in [5.74, 6) is 0.0892. The maximum Gasteiger partial charge on any atom is 0.331 e. The first-order chi connectivity index (χ1) is 14.2. The lowest BCUT2D eigenvalue weighted by Crippen LogP contribution is -2.49. The molecular weight excluding hydrogens is 382 g/mol. The summed E-state index contributed by atoms with van der Waals surface area (Å²) in [7, 11) is 0. The lowest BCUT2D eigenvalue weighted by Gasteiger charge is -2.29. The molecule has 0 spiro atoms. The van der Waals surface area contributed by atoms with Gasteiger partial charge in [0.15, 0.2) is 6.10 Å². The Morgan fingerprint density at radius 2 is 1.53 bits per heavy atom. The standard InChI is InChI=1S/C23H23N3O4/c1-5-16-23(25-26-24,21(28)30-22(2,3)4)20(27)29-19(17-12-8-6-9-13-17)18-14-10-7-11-15-18/h1,6-15,19H,16H2,2-4H3/t23-/m0/s1. The minimum atomic E-state index is -2.33. The molecule has 0 aliphatic rings. The van der Waals surface area contributed by atoms with Crippen LogP contribution in [-0.4, -0.2) is 23.1 Å². The Balaban J connectivity index is 2.51. The van der Waals surface area contributed by atoms with Gasteiger partial charge in [-0.1, -0.05) is 65.8 Å². The fourth-order valence-electron chi connectivity index (χ4n) is 2.72. The third-order valence-electron chi connectivity index (χ3n) is 4.08. The predicted molar refractivity (Wildman–Crippen MR) is 112 cm³/mol. The van der Waals surface area contributed by atoms with Crippen molar-refractivity contribution in [3.63, 3.8) is 0 Å². The summed E-state index contributed by atoms with van der Waals surface area (Å²) in [5, 5.41) is 3.46. The highest BCUT2D eigenvalue weighted by atomic mass is 16.6. The van der Waals surface area contributed by atoms with Gasteiger partial charge in [0.05, 0.1) is 0 Å². The lowest BCUT2D eigenvalue weighted by molar-refractivity contribution is -0.173. The van der Waals surface area contributed by atoms with Crippen LogP contribution in [0, 0.1) is 12.3 Å². The van der Waals surface area contributed by atoms with Crippen LogP contribution in [0.25, 0.3) is 10.4 Å². The van der Waals surface area contributed by atoms with Gasteiger partial charge in [-0.3, -0.25) is 9.59 Å². The number of terminal acetylenes is 1. The maximum atomic E-state index is 13.2. The third kappa shape index (κ3) is 5.40. The van der Waals surface area contributed by atoms with Gasteiger partial charge >= 0.3 is 11.9 Å². The zero-order chi connectivity index (χ0) is 22.2. The molecule has 7 nitrogen and oxygen atoms in total. The summed E-state index contributed by atoms with van der Waals surface area (Å²) in [6, 6.07) is 18.0. The normalized spacial score (nSPS) is 12.8. The SMILES string of the molecule is C#CC[C@](N=[N+]=[N-])(C(=O)OC(c1ccccc1)c1ccccc1)C(=O)OC(C)(C)C. The number of benzene rings is 2. The zero-order valence-corrected chi connectivity index (χ0v) is 17.1. The molecule has 0 aliphatic heterocycles. The monoisotopic (exact) mass is 405 g/mol. The molecule has 0 heterocycles. The molecule has 7 heteroatoms. The Hall–Kier alpha value is -3.75. The van der Waals surface area contributed by atoms with Gasteiger partial charge in [-0.15, -0.1) is 12.3 Å². The molecule has 1 atom stereocenters. The molecule has 0 saturated carbocycles. The van der Waals surface area contributed by atoms with E-state index in [0.717, 1.165) is 0 Å². The first-order valence-corrected chi connectivity index (χ1v) is 9.27. The van der Waals surface area contributed by atoms with Crippen molar-refractivity contribution < 1.29 is 19.1 Å². The molecule has 30 heavy (non-hydrogen) atoms. The Kier molecular flexibility index (Phi) is 7.24. The average molecular weight is 405 g/mol. The molecule has 0 aliphatic carbocycles. The van der Waals surface area contributed by atoms with Crippen LogP contribution in [0.4, 0.5) is 0 Å². The minimum Gasteiger partial charge on any atom is -0.459 e. The molecule has 2 rings (SSSR count). The highest BCUT2D eigenvalue weighted by molar-refractivity contribution is 6.05. The highest BCUT2D eigenvalue weighted by Gasteiger charge is 2.50. The van der Waals surface area contributed by atoms with Crippen LogP contribution in [0.5, 0.6) is 0 Å². The van der Waals surface area contributed by atoms with Gasteiger partial charge in [-0.25, -0.2) is 0 Å². The van der Waals surface area contributed by atoms with Gasteiger partial charge in [-0.05, 0) is 37.4 Å². The van der Waals surface area contributed by atoms with Crippen LogP contribution in [0.1, 0.15) is 44.4 Å². The number of nitrogens with zero attached hydrogens (tertiary/aromatic N) is 3. The van der Waals surface area contributed by atoms with E-state index in [9.17, 15) is 9.59 Å². The third-order valence-corrected chi connectivity index (χ3v) is 4.08. The molecule has 2 aromatic carbocycles. The van der Waals surface area contributed by atoms with Crippen molar-refractivity contribution in [3.8, 4) is 12.3 Å². The van der Waals surface area contributed by atoms with Crippen LogP contribution in [0.2, 0.25) is 0 Å². The Labute approximate surface area is 175 Å². The van der Waals surface area contributed by atoms with E-state index in [1.807, 2.05) is 12.1 Å². The van der Waals surface area contributed by atoms with E-state index in [2.05, 4.69) is 15.9 Å². The smallest absolute Gasteiger partial charge is 0.331 e. The molecule has 0 saturated heterocycles. The van der Waals surface area contributed by atoms with Crippen molar-refractivity contribution in [2.75, 3.05) is 0 Å². The zero-order valence-electron chi connectivity index (χ0n) is 17.1. The molecule has 154 valence electrons. The fourth-order valence-corrected chi connectivity index (χ4v) is 2.72. The molecule has 2 aromatic rings. The van der Waals surface area contributed by atoms with Crippen LogP contribution >= 0.6 is 0 Å². The van der Waals surface area contributed by atoms with Gasteiger partial charge in [-0.2, -0.15) is 0 Å². The van der Waals surface area contributed by atoms with Crippen LogP contribution in [0.15, 0.2) is 65.8 Å². The molecular formula is C23H23N3O4. The summed E-state index contributed by atoms with van der Waals surface area (Å²) in [5.41, 5.74) is 7.16. The number of carbonyl (C=O) groups excluding carboxylic acids is 2. The van der Waals surface area contributed by atoms with E-state index in [0.29, 0.717) is 11.1 Å². The number of carbonyl (C=O) groups is 2. The van der Waals surface area contributed by atoms with E-state index in [4.69, 9.17) is 21.4 Å². The molecule has 0 fully saturated rings. The summed E-state index contributed by atoms with van der Waals surface area (Å²) >= 11 is 0. The van der Waals surface area contributed by atoms with Crippen molar-refractivity contribution in [2.45, 2.75) is 44.4 Å². The van der Waals surface area contributed by atoms with E-state index >= 15 is 0 Å². The number of hydrogen-bond donors (Lipinski definition) is 0. The summed E-state index contributed by atoms with van der Waals surface area (Å²) in [6.45, 7) is 4.89. The summed E-state index contributed by atoms with van der Waals surface area (Å²) in [4.78, 5) is 28.8. The maximum absolute atomic E-state index is 13.2. The molecule has 0 bridgehead atoms. The van der Waals surface area contributed by atoms with Gasteiger partial charge in [0, 0.05) is 11.3 Å². The molecule has 0 amide bonds. The molecule has 0 N–H and O–H groups in total. The van der Waals surface area contributed by atoms with E-state index in [-0.39, 0.29) is 0 Å². The molecule has 0 unspecified atom stereocenters. The Bertz CT molecular complexity index is 932. The molecule has 0 aromatic heterocycles. The van der Waals surface area contributed by atoms with Crippen molar-refractivity contribution in [1.29, 1.82) is 0 Å². The van der Waals surface area contributed by atoms with Crippen LogP contribution < -0.4 is 0 Å². The first kappa shape index (κ1) is 22.5. The van der Waals surface area contributed by atoms with E-state index in [1.165, 1.54) is 0 Å². The molecule has 0 radical (unpaired) electrons. The number of hydrogen-bond acceptors (Lipinski definition) is 5. The number of esters is 2. The summed E-state index contributed by atoms with van der Waals surface area (Å²) in [6.07, 6.45) is 4.05. The highest BCUT2D eigenvalue weighted by Crippen LogP contribution is 2.31. The second-order valence-corrected chi connectivity index (χ2v) is 7.54. The van der Waals surface area contributed by atoms with Gasteiger partial charge in [0.2, 0.25) is 0 Å².